The van der Waals surface area contributed by atoms with E-state index in [1.54, 1.807) is 24.7 Å². The number of aliphatic hydroxyl groups is 1. The molecule has 0 radical (unpaired) electrons. The number of phenols is 2. The smallest absolute Gasteiger partial charge is 0.157 e. The first-order valence-electron chi connectivity index (χ1n) is 10.7. The number of aromatic hydroxyl groups is 2. The number of phenolic OH excluding ortho intramolecular Hbond substituents is 2. The Balaban J connectivity index is 1.21. The van der Waals surface area contributed by atoms with Crippen LogP contribution in [-0.2, 0) is 4.74 Å². The van der Waals surface area contributed by atoms with E-state index in [9.17, 15) is 19.7 Å². The maximum Gasteiger partial charge on any atom is 0.157 e. The molecule has 3 aliphatic rings. The Morgan fingerprint density at radius 2 is 2.10 bits per heavy atom. The lowest BCUT2D eigenvalue weighted by Crippen LogP contribution is -2.37. The fourth-order valence-corrected chi connectivity index (χ4v) is 5.67. The highest BCUT2D eigenvalue weighted by Crippen LogP contribution is 2.56. The highest BCUT2D eigenvalue weighted by atomic mass is 19.1. The van der Waals surface area contributed by atoms with Crippen molar-refractivity contribution in [2.75, 3.05) is 0 Å². The standard InChI is InChI=1S/C24H23FN2O4/c25-16-3-1-2-15-18-11-26-12-27(18)17(23(15)16)10-21(30)24-7-6-14(9-22(24)31-24)13-4-5-19(28)20(29)8-13/h1-5,8,11-12,14,17,21-22,28-30H,6-7,9-10H2. The van der Waals surface area contributed by atoms with Crippen LogP contribution >= 0.6 is 0 Å². The summed E-state index contributed by atoms with van der Waals surface area (Å²) in [6, 6.07) is 9.68. The lowest BCUT2D eigenvalue weighted by molar-refractivity contribution is 0.0516. The third-order valence-corrected chi connectivity index (χ3v) is 7.38. The molecule has 5 unspecified atom stereocenters. The molecular weight excluding hydrogens is 399 g/mol. The average molecular weight is 422 g/mol. The van der Waals surface area contributed by atoms with Gasteiger partial charge in [-0.15, -0.1) is 0 Å². The molecule has 3 heterocycles. The Hall–Kier alpha value is -2.90. The molecule has 7 heteroatoms. The molecule has 0 amide bonds. The van der Waals surface area contributed by atoms with Crippen LogP contribution in [0.1, 0.15) is 48.8 Å². The number of imidazole rings is 1. The number of fused-ring (bicyclic) bond motifs is 4. The minimum absolute atomic E-state index is 0.0686. The highest BCUT2D eigenvalue weighted by Gasteiger charge is 2.63. The van der Waals surface area contributed by atoms with E-state index in [1.165, 1.54) is 12.1 Å². The predicted octanol–water partition coefficient (Wildman–Crippen LogP) is 3.86. The minimum atomic E-state index is -0.725. The number of hydrogen-bond donors (Lipinski definition) is 3. The van der Waals surface area contributed by atoms with Gasteiger partial charge in [-0.2, -0.15) is 0 Å². The van der Waals surface area contributed by atoms with Gasteiger partial charge in [0, 0.05) is 17.5 Å². The van der Waals surface area contributed by atoms with E-state index in [1.807, 2.05) is 16.7 Å². The zero-order valence-electron chi connectivity index (χ0n) is 16.8. The molecule has 3 aromatic rings. The van der Waals surface area contributed by atoms with Gasteiger partial charge in [0.2, 0.25) is 0 Å². The number of rotatable bonds is 4. The summed E-state index contributed by atoms with van der Waals surface area (Å²) in [6.07, 6.45) is 5.24. The Labute approximate surface area is 178 Å². The zero-order valence-corrected chi connectivity index (χ0v) is 16.8. The highest BCUT2D eigenvalue weighted by molar-refractivity contribution is 5.69. The van der Waals surface area contributed by atoms with Gasteiger partial charge in [0.05, 0.1) is 36.5 Å². The first-order chi connectivity index (χ1) is 15.0. The average Bonchev–Trinajstić information content (AvgIpc) is 3.17. The Bertz CT molecular complexity index is 1180. The van der Waals surface area contributed by atoms with Crippen LogP contribution < -0.4 is 0 Å². The summed E-state index contributed by atoms with van der Waals surface area (Å²) >= 11 is 0. The summed E-state index contributed by atoms with van der Waals surface area (Å²) in [5, 5.41) is 30.6. The monoisotopic (exact) mass is 422 g/mol. The SMILES string of the molecule is Oc1ccc(C2CCC3(C(O)CC4c5c(F)cccc5-c5cncn54)OC3C2)cc1O. The van der Waals surface area contributed by atoms with Gasteiger partial charge in [0.1, 0.15) is 11.4 Å². The van der Waals surface area contributed by atoms with Crippen LogP contribution in [0.2, 0.25) is 0 Å². The van der Waals surface area contributed by atoms with Crippen molar-refractivity contribution in [3.05, 3.63) is 65.9 Å². The van der Waals surface area contributed by atoms with Crippen LogP contribution in [0.15, 0.2) is 48.9 Å². The van der Waals surface area contributed by atoms with Crippen LogP contribution in [0.4, 0.5) is 4.39 Å². The molecule has 1 saturated heterocycles. The van der Waals surface area contributed by atoms with E-state index in [0.29, 0.717) is 18.4 Å². The van der Waals surface area contributed by atoms with Gasteiger partial charge in [-0.1, -0.05) is 18.2 Å². The molecule has 2 fully saturated rings. The molecule has 160 valence electrons. The number of ether oxygens (including phenoxy) is 1. The summed E-state index contributed by atoms with van der Waals surface area (Å²) in [5.74, 6) is -0.316. The molecule has 2 aromatic carbocycles. The van der Waals surface area contributed by atoms with Crippen molar-refractivity contribution in [2.24, 2.45) is 0 Å². The maximum absolute atomic E-state index is 14.7. The maximum atomic E-state index is 14.7. The van der Waals surface area contributed by atoms with E-state index in [0.717, 1.165) is 29.7 Å². The second-order valence-electron chi connectivity index (χ2n) is 8.94. The number of benzene rings is 2. The Morgan fingerprint density at radius 1 is 1.23 bits per heavy atom. The molecule has 6 rings (SSSR count). The van der Waals surface area contributed by atoms with E-state index in [2.05, 4.69) is 4.98 Å². The summed E-state index contributed by atoms with van der Waals surface area (Å²) in [5.41, 5.74) is 2.68. The number of aliphatic hydroxyl groups excluding tert-OH is 1. The molecule has 0 spiro atoms. The van der Waals surface area contributed by atoms with Crippen molar-refractivity contribution < 1.29 is 24.4 Å². The molecule has 6 nitrogen and oxygen atoms in total. The van der Waals surface area contributed by atoms with Crippen LogP contribution in [0.5, 0.6) is 11.5 Å². The molecule has 3 N–H and O–H groups in total. The number of aromatic nitrogens is 2. The van der Waals surface area contributed by atoms with E-state index >= 15 is 0 Å². The van der Waals surface area contributed by atoms with Gasteiger partial charge in [0.15, 0.2) is 11.5 Å². The van der Waals surface area contributed by atoms with E-state index < -0.39 is 11.7 Å². The summed E-state index contributed by atoms with van der Waals surface area (Å²) < 4.78 is 22.7. The number of epoxide rings is 1. The van der Waals surface area contributed by atoms with Gasteiger partial charge in [-0.3, -0.25) is 0 Å². The topological polar surface area (TPSA) is 91.0 Å². The zero-order chi connectivity index (χ0) is 21.3. The Kier molecular flexibility index (Phi) is 3.98. The fourth-order valence-electron chi connectivity index (χ4n) is 5.67. The van der Waals surface area contributed by atoms with Crippen molar-refractivity contribution in [2.45, 2.75) is 55.5 Å². The van der Waals surface area contributed by atoms with Crippen molar-refractivity contribution in [1.29, 1.82) is 0 Å². The number of hydrogen-bond acceptors (Lipinski definition) is 5. The largest absolute Gasteiger partial charge is 0.504 e. The molecular formula is C24H23FN2O4. The van der Waals surface area contributed by atoms with Gasteiger partial charge >= 0.3 is 0 Å². The van der Waals surface area contributed by atoms with Crippen LogP contribution in [0.3, 0.4) is 0 Å². The second kappa shape index (κ2) is 6.55. The van der Waals surface area contributed by atoms with Crippen LogP contribution in [0, 0.1) is 5.82 Å². The first kappa shape index (κ1) is 18.8. The minimum Gasteiger partial charge on any atom is -0.504 e. The first-order valence-corrected chi connectivity index (χ1v) is 10.7. The molecule has 2 aliphatic heterocycles. The van der Waals surface area contributed by atoms with Gasteiger partial charge in [-0.25, -0.2) is 9.37 Å². The van der Waals surface area contributed by atoms with Crippen molar-refractivity contribution in [3.8, 4) is 22.8 Å². The van der Waals surface area contributed by atoms with E-state index in [-0.39, 0.29) is 35.4 Å². The lowest BCUT2D eigenvalue weighted by atomic mass is 9.75. The summed E-state index contributed by atoms with van der Waals surface area (Å²) in [7, 11) is 0. The lowest BCUT2D eigenvalue weighted by Gasteiger charge is -2.30. The summed E-state index contributed by atoms with van der Waals surface area (Å²) in [4.78, 5) is 4.22. The van der Waals surface area contributed by atoms with Gasteiger partial charge < -0.3 is 24.6 Å². The Morgan fingerprint density at radius 3 is 2.90 bits per heavy atom. The van der Waals surface area contributed by atoms with Crippen molar-refractivity contribution >= 4 is 0 Å². The van der Waals surface area contributed by atoms with Crippen molar-refractivity contribution in [1.82, 2.24) is 9.55 Å². The number of nitrogens with zero attached hydrogens (tertiary/aromatic N) is 2. The molecule has 1 aliphatic carbocycles. The fraction of sp³-hybridized carbons (Fsp3) is 0.375. The quantitative estimate of drug-likeness (QED) is 0.439. The molecule has 1 saturated carbocycles. The molecule has 1 aromatic heterocycles. The third-order valence-electron chi connectivity index (χ3n) is 7.38. The predicted molar refractivity (Wildman–Crippen MR) is 110 cm³/mol. The van der Waals surface area contributed by atoms with Crippen LogP contribution in [-0.4, -0.2) is 42.7 Å². The summed E-state index contributed by atoms with van der Waals surface area (Å²) in [6.45, 7) is 0. The second-order valence-corrected chi connectivity index (χ2v) is 8.94. The van der Waals surface area contributed by atoms with E-state index in [4.69, 9.17) is 4.74 Å². The number of halogens is 1. The normalized spacial score (nSPS) is 29.2. The van der Waals surface area contributed by atoms with Gasteiger partial charge in [-0.05, 0) is 48.9 Å². The van der Waals surface area contributed by atoms with Crippen molar-refractivity contribution in [3.63, 3.8) is 0 Å². The van der Waals surface area contributed by atoms with Gasteiger partial charge in [0.25, 0.3) is 0 Å². The molecule has 31 heavy (non-hydrogen) atoms. The third kappa shape index (κ3) is 2.73. The molecule has 0 bridgehead atoms. The molecule has 5 atom stereocenters. The van der Waals surface area contributed by atoms with Crippen LogP contribution in [0.25, 0.3) is 11.3 Å².